The van der Waals surface area contributed by atoms with E-state index in [0.717, 1.165) is 5.56 Å². The molecule has 0 bridgehead atoms. The zero-order valence-electron chi connectivity index (χ0n) is 13.9. The van der Waals surface area contributed by atoms with Crippen LogP contribution in [0, 0.1) is 26.2 Å². The van der Waals surface area contributed by atoms with Crippen molar-refractivity contribution in [2.24, 2.45) is 0 Å². The number of hydrogen-bond acceptors (Lipinski definition) is 3. The number of amides is 1. The molecule has 122 valence electrons. The summed E-state index contributed by atoms with van der Waals surface area (Å²) in [6.45, 7) is 4.33. The molecule has 1 heterocycles. The van der Waals surface area contributed by atoms with E-state index in [-0.39, 0.29) is 12.5 Å². The number of nitrogens with zero attached hydrogens (tertiary/aromatic N) is 1. The van der Waals surface area contributed by atoms with Crippen molar-refractivity contribution in [3.8, 4) is 18.1 Å². The fraction of sp³-hybridized carbons (Fsp3) is 0.250. The zero-order valence-corrected chi connectivity index (χ0v) is 13.9. The molecule has 1 aliphatic rings. The topological polar surface area (TPSA) is 55.6 Å². The molecule has 2 N–H and O–H groups in total. The summed E-state index contributed by atoms with van der Waals surface area (Å²) < 4.78 is 5.96. The third-order valence-corrected chi connectivity index (χ3v) is 4.46. The van der Waals surface area contributed by atoms with E-state index in [1.165, 1.54) is 11.1 Å². The van der Waals surface area contributed by atoms with Crippen molar-refractivity contribution in [3.63, 3.8) is 0 Å². The first kappa shape index (κ1) is 15.9. The summed E-state index contributed by atoms with van der Waals surface area (Å²) in [5.41, 5.74) is 10.6. The summed E-state index contributed by atoms with van der Waals surface area (Å²) in [5.74, 6) is 3.02. The van der Waals surface area contributed by atoms with Crippen molar-refractivity contribution < 1.29 is 9.53 Å². The van der Waals surface area contributed by atoms with E-state index in [1.54, 1.807) is 23.1 Å². The fourth-order valence-corrected chi connectivity index (χ4v) is 2.96. The maximum atomic E-state index is 12.8. The monoisotopic (exact) mass is 320 g/mol. The van der Waals surface area contributed by atoms with Gasteiger partial charge in [-0.1, -0.05) is 24.1 Å². The number of carbonyl (C=O) groups is 1. The lowest BCUT2D eigenvalue weighted by atomic mass is 9.97. The third kappa shape index (κ3) is 2.81. The average molecular weight is 320 g/mol. The Kier molecular flexibility index (Phi) is 4.18. The molecule has 0 aromatic heterocycles. The predicted octanol–water partition coefficient (Wildman–Crippen LogP) is 2.86. The number of hydrogen-bond donors (Lipinski definition) is 1. The number of terminal acetylenes is 1. The van der Waals surface area contributed by atoms with Gasteiger partial charge in [-0.15, -0.1) is 6.42 Å². The van der Waals surface area contributed by atoms with Crippen molar-refractivity contribution in [3.05, 3.63) is 53.1 Å². The van der Waals surface area contributed by atoms with E-state index in [4.69, 9.17) is 16.9 Å². The summed E-state index contributed by atoms with van der Waals surface area (Å²) in [4.78, 5) is 14.4. The number of benzene rings is 2. The molecule has 0 fully saturated rings. The molecule has 1 atom stereocenters. The van der Waals surface area contributed by atoms with Gasteiger partial charge in [-0.25, -0.2) is 0 Å². The second-order valence-electron chi connectivity index (χ2n) is 6.03. The molecule has 1 amide bonds. The minimum Gasteiger partial charge on any atom is -0.478 e. The van der Waals surface area contributed by atoms with E-state index in [0.29, 0.717) is 23.5 Å². The van der Waals surface area contributed by atoms with E-state index >= 15 is 0 Å². The van der Waals surface area contributed by atoms with E-state index in [9.17, 15) is 4.79 Å². The van der Waals surface area contributed by atoms with E-state index in [2.05, 4.69) is 25.8 Å². The van der Waals surface area contributed by atoms with Crippen LogP contribution in [0.15, 0.2) is 36.4 Å². The Bertz CT molecular complexity index is 836. The molecule has 1 unspecified atom stereocenters. The largest absolute Gasteiger partial charge is 0.478 e. The fourth-order valence-electron chi connectivity index (χ4n) is 2.96. The molecule has 0 saturated carbocycles. The molecule has 0 saturated heterocycles. The molecular weight excluding hydrogens is 300 g/mol. The normalized spacial score (nSPS) is 16.3. The highest BCUT2D eigenvalue weighted by Gasteiger charge is 2.34. The van der Waals surface area contributed by atoms with Gasteiger partial charge in [-0.2, -0.15) is 0 Å². The molecule has 1 aliphatic heterocycles. The molecule has 0 radical (unpaired) electrons. The van der Waals surface area contributed by atoms with Crippen molar-refractivity contribution in [2.45, 2.75) is 26.4 Å². The lowest BCUT2D eigenvalue weighted by Gasteiger charge is -2.33. The van der Waals surface area contributed by atoms with E-state index in [1.807, 2.05) is 12.1 Å². The SMILES string of the molecule is C#CCN1C(=O)C(Cc2cccc(C)c2C)Oc2cc(N)ccc21. The molecule has 2 aromatic carbocycles. The second-order valence-corrected chi connectivity index (χ2v) is 6.03. The Hall–Kier alpha value is -2.93. The van der Waals surface area contributed by atoms with Crippen LogP contribution in [0.4, 0.5) is 11.4 Å². The van der Waals surface area contributed by atoms with Crippen LogP contribution in [0.1, 0.15) is 16.7 Å². The second kappa shape index (κ2) is 6.29. The van der Waals surface area contributed by atoms with Crippen LogP contribution < -0.4 is 15.4 Å². The summed E-state index contributed by atoms with van der Waals surface area (Å²) >= 11 is 0. The van der Waals surface area contributed by atoms with Gasteiger partial charge in [-0.3, -0.25) is 9.69 Å². The van der Waals surface area contributed by atoms with Crippen LogP contribution in [-0.2, 0) is 11.2 Å². The minimum atomic E-state index is -0.604. The summed E-state index contributed by atoms with van der Waals surface area (Å²) in [5, 5.41) is 0. The van der Waals surface area contributed by atoms with Gasteiger partial charge < -0.3 is 10.5 Å². The van der Waals surface area contributed by atoms with Crippen LogP contribution in [0.5, 0.6) is 5.75 Å². The highest BCUT2D eigenvalue weighted by Crippen LogP contribution is 2.36. The Morgan fingerprint density at radius 2 is 2.08 bits per heavy atom. The van der Waals surface area contributed by atoms with E-state index < -0.39 is 6.10 Å². The standard InChI is InChI=1S/C20H20N2O2/c1-4-10-22-17-9-8-16(21)12-18(17)24-19(20(22)23)11-15-7-5-6-13(2)14(15)3/h1,5-9,12,19H,10-11,21H2,2-3H3. The Morgan fingerprint density at radius 1 is 1.29 bits per heavy atom. The first-order chi connectivity index (χ1) is 11.5. The first-order valence-corrected chi connectivity index (χ1v) is 7.87. The highest BCUT2D eigenvalue weighted by atomic mass is 16.5. The van der Waals surface area contributed by atoms with Crippen molar-refractivity contribution >= 4 is 17.3 Å². The van der Waals surface area contributed by atoms with Gasteiger partial charge in [0.25, 0.3) is 5.91 Å². The number of carbonyl (C=O) groups excluding carboxylic acids is 1. The van der Waals surface area contributed by atoms with Gasteiger partial charge in [0.15, 0.2) is 6.10 Å². The number of aryl methyl sites for hydroxylation is 1. The Morgan fingerprint density at radius 3 is 2.83 bits per heavy atom. The first-order valence-electron chi connectivity index (χ1n) is 7.87. The Balaban J connectivity index is 1.96. The van der Waals surface area contributed by atoms with Gasteiger partial charge >= 0.3 is 0 Å². The van der Waals surface area contributed by atoms with Gasteiger partial charge in [0, 0.05) is 18.2 Å². The van der Waals surface area contributed by atoms with Crippen LogP contribution in [-0.4, -0.2) is 18.6 Å². The number of anilines is 2. The molecule has 0 aliphatic carbocycles. The summed E-state index contributed by atoms with van der Waals surface area (Å²) in [6, 6.07) is 11.3. The summed E-state index contributed by atoms with van der Waals surface area (Å²) in [7, 11) is 0. The molecular formula is C20H20N2O2. The molecule has 3 rings (SSSR count). The van der Waals surface area contributed by atoms with Crippen molar-refractivity contribution in [1.82, 2.24) is 0 Å². The van der Waals surface area contributed by atoms with Gasteiger partial charge in [0.1, 0.15) is 5.75 Å². The van der Waals surface area contributed by atoms with Crippen LogP contribution >= 0.6 is 0 Å². The molecule has 4 nitrogen and oxygen atoms in total. The number of nitrogen functional groups attached to an aromatic ring is 1. The molecule has 0 spiro atoms. The Labute approximate surface area is 142 Å². The van der Waals surface area contributed by atoms with Crippen LogP contribution in [0.25, 0.3) is 0 Å². The van der Waals surface area contributed by atoms with Gasteiger partial charge in [0.05, 0.1) is 12.2 Å². The van der Waals surface area contributed by atoms with Crippen molar-refractivity contribution in [2.75, 3.05) is 17.2 Å². The van der Waals surface area contributed by atoms with Crippen LogP contribution in [0.3, 0.4) is 0 Å². The lowest BCUT2D eigenvalue weighted by molar-refractivity contribution is -0.126. The van der Waals surface area contributed by atoms with Crippen molar-refractivity contribution in [1.29, 1.82) is 0 Å². The quantitative estimate of drug-likeness (QED) is 0.699. The van der Waals surface area contributed by atoms with Gasteiger partial charge in [0.2, 0.25) is 0 Å². The number of ether oxygens (including phenoxy) is 1. The number of fused-ring (bicyclic) bond motifs is 1. The average Bonchev–Trinajstić information content (AvgIpc) is 2.55. The van der Waals surface area contributed by atoms with Gasteiger partial charge in [-0.05, 0) is 42.7 Å². The molecule has 24 heavy (non-hydrogen) atoms. The molecule has 4 heteroatoms. The minimum absolute atomic E-state index is 0.119. The number of nitrogens with two attached hydrogens (primary N) is 1. The maximum absolute atomic E-state index is 12.8. The lowest BCUT2D eigenvalue weighted by Crippen LogP contribution is -2.47. The number of rotatable bonds is 3. The summed E-state index contributed by atoms with van der Waals surface area (Å²) in [6.07, 6.45) is 5.34. The highest BCUT2D eigenvalue weighted by molar-refractivity contribution is 6.00. The van der Waals surface area contributed by atoms with Crippen LogP contribution in [0.2, 0.25) is 0 Å². The smallest absolute Gasteiger partial charge is 0.269 e. The zero-order chi connectivity index (χ0) is 17.3. The third-order valence-electron chi connectivity index (χ3n) is 4.46. The molecule has 2 aromatic rings. The predicted molar refractivity (Wildman–Crippen MR) is 96.1 cm³/mol. The maximum Gasteiger partial charge on any atom is 0.269 e.